The summed E-state index contributed by atoms with van der Waals surface area (Å²) in [6.07, 6.45) is 7.77. The molecule has 1 N–H and O–H groups in total. The molecule has 0 unspecified atom stereocenters. The van der Waals surface area contributed by atoms with Crippen molar-refractivity contribution in [2.45, 2.75) is 58.8 Å². The van der Waals surface area contributed by atoms with Gasteiger partial charge in [0.15, 0.2) is 0 Å². The van der Waals surface area contributed by atoms with Gasteiger partial charge in [0.05, 0.1) is 0 Å². The Balaban J connectivity index is 2.22. The van der Waals surface area contributed by atoms with Gasteiger partial charge in [-0.25, -0.2) is 0 Å². The highest BCUT2D eigenvalue weighted by atomic mass is 16.2. The molecule has 0 radical (unpaired) electrons. The molecule has 110 valence electrons. The summed E-state index contributed by atoms with van der Waals surface area (Å²) < 4.78 is 0. The number of carbonyl (C=O) groups is 2. The van der Waals surface area contributed by atoms with Gasteiger partial charge in [-0.15, -0.1) is 0 Å². The Kier molecular flexibility index (Phi) is 7.53. The van der Waals surface area contributed by atoms with Crippen molar-refractivity contribution < 1.29 is 9.59 Å². The number of amides is 2. The second-order valence-corrected chi connectivity index (χ2v) is 5.49. The van der Waals surface area contributed by atoms with Gasteiger partial charge in [0.25, 0.3) is 0 Å². The molecule has 0 saturated heterocycles. The van der Waals surface area contributed by atoms with Crippen LogP contribution in [0.2, 0.25) is 0 Å². The third kappa shape index (κ3) is 6.08. The van der Waals surface area contributed by atoms with Crippen LogP contribution in [-0.2, 0) is 9.59 Å². The maximum atomic E-state index is 11.9. The van der Waals surface area contributed by atoms with Gasteiger partial charge in [-0.2, -0.15) is 0 Å². The van der Waals surface area contributed by atoms with E-state index in [1.165, 1.54) is 19.3 Å². The van der Waals surface area contributed by atoms with Crippen molar-refractivity contribution >= 4 is 11.8 Å². The van der Waals surface area contributed by atoms with Crippen LogP contribution in [0.1, 0.15) is 58.8 Å². The third-order valence-electron chi connectivity index (χ3n) is 3.88. The van der Waals surface area contributed by atoms with Crippen LogP contribution >= 0.6 is 0 Å². The molecule has 4 heteroatoms. The maximum Gasteiger partial charge on any atom is 0.223 e. The largest absolute Gasteiger partial charge is 0.354 e. The lowest BCUT2D eigenvalue weighted by Gasteiger charge is -2.23. The summed E-state index contributed by atoms with van der Waals surface area (Å²) in [5.74, 6) is 0.481. The molecule has 4 nitrogen and oxygen atoms in total. The fourth-order valence-corrected chi connectivity index (χ4v) is 2.60. The van der Waals surface area contributed by atoms with E-state index in [-0.39, 0.29) is 17.7 Å². The van der Waals surface area contributed by atoms with Crippen LogP contribution in [0.3, 0.4) is 0 Å². The quantitative estimate of drug-likeness (QED) is 0.770. The fraction of sp³-hybridized carbons (Fsp3) is 0.867. The molecule has 19 heavy (non-hydrogen) atoms. The van der Waals surface area contributed by atoms with Crippen molar-refractivity contribution in [3.8, 4) is 0 Å². The van der Waals surface area contributed by atoms with Gasteiger partial charge in [0, 0.05) is 32.5 Å². The Morgan fingerprint density at radius 1 is 1.16 bits per heavy atom. The van der Waals surface area contributed by atoms with Crippen molar-refractivity contribution in [2.75, 3.05) is 19.6 Å². The van der Waals surface area contributed by atoms with E-state index >= 15 is 0 Å². The summed E-state index contributed by atoms with van der Waals surface area (Å²) in [5, 5.41) is 2.98. The summed E-state index contributed by atoms with van der Waals surface area (Å²) in [4.78, 5) is 25.2. The first-order valence-electron chi connectivity index (χ1n) is 7.68. The van der Waals surface area contributed by atoms with Gasteiger partial charge in [0.2, 0.25) is 11.8 Å². The van der Waals surface area contributed by atoms with Crippen LogP contribution < -0.4 is 5.32 Å². The Morgan fingerprint density at radius 2 is 1.84 bits per heavy atom. The minimum absolute atomic E-state index is 0.0976. The summed E-state index contributed by atoms with van der Waals surface area (Å²) in [6, 6.07) is 0. The van der Waals surface area contributed by atoms with Gasteiger partial charge < -0.3 is 10.2 Å². The molecule has 1 saturated carbocycles. The monoisotopic (exact) mass is 268 g/mol. The number of carbonyl (C=O) groups excluding carboxylic acids is 2. The first-order valence-corrected chi connectivity index (χ1v) is 7.68. The standard InChI is InChI=1S/C15H28N2O2/c1-3-4-11-17(13(2)18)12-10-16-15(19)14-8-6-5-7-9-14/h14H,3-12H2,1-2H3,(H,16,19). The van der Waals surface area contributed by atoms with E-state index in [0.29, 0.717) is 13.1 Å². The van der Waals surface area contributed by atoms with Crippen LogP contribution in [0.15, 0.2) is 0 Å². The number of nitrogens with zero attached hydrogens (tertiary/aromatic N) is 1. The number of hydrogen-bond donors (Lipinski definition) is 1. The number of nitrogens with one attached hydrogen (secondary N) is 1. The van der Waals surface area contributed by atoms with Gasteiger partial charge in [-0.1, -0.05) is 32.6 Å². The summed E-state index contributed by atoms with van der Waals surface area (Å²) in [6.45, 7) is 5.72. The lowest BCUT2D eigenvalue weighted by molar-refractivity contribution is -0.130. The van der Waals surface area contributed by atoms with E-state index < -0.39 is 0 Å². The van der Waals surface area contributed by atoms with E-state index in [1.54, 1.807) is 6.92 Å². The smallest absolute Gasteiger partial charge is 0.223 e. The van der Waals surface area contributed by atoms with Crippen LogP contribution in [0.4, 0.5) is 0 Å². The Bertz CT molecular complexity index is 286. The van der Waals surface area contributed by atoms with Crippen molar-refractivity contribution in [3.05, 3.63) is 0 Å². The van der Waals surface area contributed by atoms with Crippen molar-refractivity contribution in [2.24, 2.45) is 5.92 Å². The van der Waals surface area contributed by atoms with E-state index in [9.17, 15) is 9.59 Å². The minimum atomic E-state index is 0.0976. The van der Waals surface area contributed by atoms with E-state index in [1.807, 2.05) is 4.90 Å². The molecule has 1 fully saturated rings. The normalized spacial score (nSPS) is 16.1. The molecule has 0 aromatic rings. The predicted octanol–water partition coefficient (Wildman–Crippen LogP) is 2.33. The van der Waals surface area contributed by atoms with E-state index in [4.69, 9.17) is 0 Å². The molecule has 0 spiro atoms. The van der Waals surface area contributed by atoms with Gasteiger partial charge >= 0.3 is 0 Å². The molecule has 0 bridgehead atoms. The van der Waals surface area contributed by atoms with Crippen LogP contribution in [0, 0.1) is 5.92 Å². The molecule has 0 aromatic carbocycles. The molecule has 1 aliphatic rings. The van der Waals surface area contributed by atoms with Crippen LogP contribution in [0.25, 0.3) is 0 Å². The van der Waals surface area contributed by atoms with Gasteiger partial charge in [-0.3, -0.25) is 9.59 Å². The Morgan fingerprint density at radius 3 is 2.42 bits per heavy atom. The Labute approximate surface area is 116 Å². The van der Waals surface area contributed by atoms with E-state index in [0.717, 1.165) is 32.2 Å². The van der Waals surface area contributed by atoms with Crippen molar-refractivity contribution in [1.82, 2.24) is 10.2 Å². The van der Waals surface area contributed by atoms with Crippen LogP contribution in [0.5, 0.6) is 0 Å². The molecular formula is C15H28N2O2. The second-order valence-electron chi connectivity index (χ2n) is 5.49. The first-order chi connectivity index (χ1) is 9.15. The summed E-state index contributed by atoms with van der Waals surface area (Å²) in [5.41, 5.74) is 0. The molecule has 2 amide bonds. The zero-order chi connectivity index (χ0) is 14.1. The highest BCUT2D eigenvalue weighted by molar-refractivity contribution is 5.78. The second kappa shape index (κ2) is 8.94. The number of rotatable bonds is 7. The molecule has 0 aliphatic heterocycles. The lowest BCUT2D eigenvalue weighted by atomic mass is 9.89. The fourth-order valence-electron chi connectivity index (χ4n) is 2.60. The highest BCUT2D eigenvalue weighted by Crippen LogP contribution is 2.23. The van der Waals surface area contributed by atoms with Crippen molar-refractivity contribution in [1.29, 1.82) is 0 Å². The molecule has 1 aliphatic carbocycles. The highest BCUT2D eigenvalue weighted by Gasteiger charge is 2.20. The molecule has 0 aromatic heterocycles. The zero-order valence-electron chi connectivity index (χ0n) is 12.4. The third-order valence-corrected chi connectivity index (χ3v) is 3.88. The Hall–Kier alpha value is -1.06. The SMILES string of the molecule is CCCCN(CCNC(=O)C1CCCCC1)C(C)=O. The van der Waals surface area contributed by atoms with Crippen LogP contribution in [-0.4, -0.2) is 36.3 Å². The van der Waals surface area contributed by atoms with Crippen molar-refractivity contribution in [3.63, 3.8) is 0 Å². The van der Waals surface area contributed by atoms with Gasteiger partial charge in [-0.05, 0) is 19.3 Å². The first kappa shape index (κ1) is 16.0. The number of unbranched alkanes of at least 4 members (excludes halogenated alkanes) is 1. The zero-order valence-corrected chi connectivity index (χ0v) is 12.4. The molecule has 0 heterocycles. The summed E-state index contributed by atoms with van der Waals surface area (Å²) >= 11 is 0. The topological polar surface area (TPSA) is 49.4 Å². The lowest BCUT2D eigenvalue weighted by Crippen LogP contribution is -2.40. The maximum absolute atomic E-state index is 11.9. The molecule has 1 rings (SSSR count). The summed E-state index contributed by atoms with van der Waals surface area (Å²) in [7, 11) is 0. The van der Waals surface area contributed by atoms with Gasteiger partial charge in [0.1, 0.15) is 0 Å². The predicted molar refractivity (Wildman–Crippen MR) is 76.7 cm³/mol. The average molecular weight is 268 g/mol. The number of hydrogen-bond acceptors (Lipinski definition) is 2. The molecular weight excluding hydrogens is 240 g/mol. The minimum Gasteiger partial charge on any atom is -0.354 e. The average Bonchev–Trinajstić information content (AvgIpc) is 2.43. The molecule has 0 atom stereocenters. The van der Waals surface area contributed by atoms with E-state index in [2.05, 4.69) is 12.2 Å².